The Hall–Kier alpha value is -2.91. The molecule has 138 valence electrons. The molecule has 26 heavy (non-hydrogen) atoms. The first-order valence-electron chi connectivity index (χ1n) is 7.94. The largest absolute Gasteiger partial charge is 0.433 e. The van der Waals surface area contributed by atoms with Crippen molar-refractivity contribution in [2.45, 2.75) is 26.6 Å². The van der Waals surface area contributed by atoms with E-state index in [1.165, 1.54) is 13.3 Å². The van der Waals surface area contributed by atoms with Gasteiger partial charge in [-0.1, -0.05) is 6.92 Å². The van der Waals surface area contributed by atoms with Crippen LogP contribution < -0.4 is 5.32 Å². The molecule has 1 N–H and O–H groups in total. The minimum absolute atomic E-state index is 0.0398. The fourth-order valence-corrected chi connectivity index (χ4v) is 2.66. The maximum atomic E-state index is 13.0. The quantitative estimate of drug-likeness (QED) is 0.752. The monoisotopic (exact) mass is 366 g/mol. The van der Waals surface area contributed by atoms with Gasteiger partial charge in [0.25, 0.3) is 5.91 Å². The second-order valence-electron chi connectivity index (χ2n) is 6.15. The third-order valence-corrected chi connectivity index (χ3v) is 3.86. The molecule has 1 unspecified atom stereocenters. The van der Waals surface area contributed by atoms with Crippen LogP contribution in [0.4, 0.5) is 13.2 Å². The van der Waals surface area contributed by atoms with E-state index < -0.39 is 11.9 Å². The molecule has 0 aliphatic heterocycles. The maximum absolute atomic E-state index is 13.0. The average molecular weight is 366 g/mol. The number of fused-ring (bicyclic) bond motifs is 1. The molecule has 0 bridgehead atoms. The second kappa shape index (κ2) is 6.77. The van der Waals surface area contributed by atoms with Crippen molar-refractivity contribution in [1.29, 1.82) is 0 Å². The Morgan fingerprint density at radius 3 is 2.88 bits per heavy atom. The first-order valence-corrected chi connectivity index (χ1v) is 7.94. The van der Waals surface area contributed by atoms with E-state index in [0.717, 1.165) is 10.7 Å². The molecule has 7 nitrogen and oxygen atoms in total. The molecule has 3 aromatic rings. The van der Waals surface area contributed by atoms with Gasteiger partial charge in [-0.05, 0) is 31.0 Å². The summed E-state index contributed by atoms with van der Waals surface area (Å²) in [4.78, 5) is 12.3. The minimum atomic E-state index is -4.46. The van der Waals surface area contributed by atoms with Crippen molar-refractivity contribution in [3.8, 4) is 0 Å². The summed E-state index contributed by atoms with van der Waals surface area (Å²) < 4.78 is 41.6. The summed E-state index contributed by atoms with van der Waals surface area (Å²) in [5.74, 6) is -0.611. The number of nitrogens with zero attached hydrogens (tertiary/aromatic N) is 5. The number of halogens is 3. The van der Waals surface area contributed by atoms with Crippen LogP contribution in [0.2, 0.25) is 0 Å². The van der Waals surface area contributed by atoms with Gasteiger partial charge in [0.15, 0.2) is 5.65 Å². The summed E-state index contributed by atoms with van der Waals surface area (Å²) in [5.41, 5.74) is 0.274. The van der Waals surface area contributed by atoms with Gasteiger partial charge in [0.2, 0.25) is 0 Å². The third-order valence-electron chi connectivity index (χ3n) is 3.86. The molecular formula is C16H17F3N6O. The van der Waals surface area contributed by atoms with Crippen LogP contribution in [0.5, 0.6) is 0 Å². The molecule has 0 saturated heterocycles. The van der Waals surface area contributed by atoms with Crippen LogP contribution in [-0.4, -0.2) is 36.8 Å². The van der Waals surface area contributed by atoms with Crippen LogP contribution in [0.1, 0.15) is 28.7 Å². The number of carbonyl (C=O) groups excluding carboxylic acids is 1. The molecule has 0 aromatic carbocycles. The zero-order valence-corrected chi connectivity index (χ0v) is 14.2. The molecular weight excluding hydrogens is 349 g/mol. The van der Waals surface area contributed by atoms with Crippen molar-refractivity contribution < 1.29 is 18.0 Å². The van der Waals surface area contributed by atoms with Crippen LogP contribution in [0.25, 0.3) is 5.65 Å². The molecule has 3 heterocycles. The summed E-state index contributed by atoms with van der Waals surface area (Å²) in [6.07, 6.45) is -1.27. The SMILES string of the molecule is Cc1cc(C(F)(F)F)n(CC(C)CNC(=O)c2cccn3cnnc23)n1. The number of amides is 1. The van der Waals surface area contributed by atoms with E-state index in [0.29, 0.717) is 16.9 Å². The van der Waals surface area contributed by atoms with Gasteiger partial charge in [-0.15, -0.1) is 10.2 Å². The van der Waals surface area contributed by atoms with Crippen LogP contribution in [0, 0.1) is 12.8 Å². The average Bonchev–Trinajstić information content (AvgIpc) is 3.18. The highest BCUT2D eigenvalue weighted by Gasteiger charge is 2.35. The Morgan fingerprint density at radius 2 is 2.15 bits per heavy atom. The first kappa shape index (κ1) is 17.9. The van der Waals surface area contributed by atoms with Gasteiger partial charge in [-0.2, -0.15) is 18.3 Å². The molecule has 0 aliphatic rings. The van der Waals surface area contributed by atoms with Crippen LogP contribution in [-0.2, 0) is 12.7 Å². The van der Waals surface area contributed by atoms with E-state index in [9.17, 15) is 18.0 Å². The number of nitrogens with one attached hydrogen (secondary N) is 1. The zero-order valence-electron chi connectivity index (χ0n) is 14.2. The minimum Gasteiger partial charge on any atom is -0.352 e. The van der Waals surface area contributed by atoms with Gasteiger partial charge >= 0.3 is 6.18 Å². The number of aromatic nitrogens is 5. The van der Waals surface area contributed by atoms with E-state index in [1.54, 1.807) is 29.7 Å². The number of aryl methyl sites for hydroxylation is 1. The number of pyridine rings is 1. The lowest BCUT2D eigenvalue weighted by Gasteiger charge is -2.16. The van der Waals surface area contributed by atoms with Gasteiger partial charge in [0.05, 0.1) is 11.3 Å². The van der Waals surface area contributed by atoms with Crippen molar-refractivity contribution in [1.82, 2.24) is 29.7 Å². The van der Waals surface area contributed by atoms with E-state index in [-0.39, 0.29) is 24.9 Å². The van der Waals surface area contributed by atoms with Crippen LogP contribution >= 0.6 is 0 Å². The van der Waals surface area contributed by atoms with Crippen LogP contribution in [0.3, 0.4) is 0 Å². The van der Waals surface area contributed by atoms with E-state index in [1.807, 2.05) is 0 Å². The second-order valence-corrected chi connectivity index (χ2v) is 6.15. The highest BCUT2D eigenvalue weighted by Crippen LogP contribution is 2.30. The number of carbonyl (C=O) groups is 1. The van der Waals surface area contributed by atoms with Crippen molar-refractivity contribution >= 4 is 11.6 Å². The van der Waals surface area contributed by atoms with Crippen molar-refractivity contribution in [2.24, 2.45) is 5.92 Å². The fourth-order valence-electron chi connectivity index (χ4n) is 2.66. The smallest absolute Gasteiger partial charge is 0.352 e. The lowest BCUT2D eigenvalue weighted by atomic mass is 10.1. The molecule has 0 spiro atoms. The predicted molar refractivity (Wildman–Crippen MR) is 86.5 cm³/mol. The number of hydrogen-bond donors (Lipinski definition) is 1. The molecule has 1 atom stereocenters. The van der Waals surface area contributed by atoms with Gasteiger partial charge in [-0.3, -0.25) is 13.9 Å². The highest BCUT2D eigenvalue weighted by atomic mass is 19.4. The van der Waals surface area contributed by atoms with Gasteiger partial charge in [0.1, 0.15) is 12.0 Å². The lowest BCUT2D eigenvalue weighted by Crippen LogP contribution is -2.31. The first-order chi connectivity index (χ1) is 12.3. The van der Waals surface area contributed by atoms with E-state index in [2.05, 4.69) is 20.6 Å². The maximum Gasteiger partial charge on any atom is 0.433 e. The Morgan fingerprint density at radius 1 is 1.38 bits per heavy atom. The van der Waals surface area contributed by atoms with Crippen molar-refractivity contribution in [2.75, 3.05) is 6.54 Å². The van der Waals surface area contributed by atoms with Crippen molar-refractivity contribution in [3.63, 3.8) is 0 Å². The van der Waals surface area contributed by atoms with E-state index >= 15 is 0 Å². The lowest BCUT2D eigenvalue weighted by molar-refractivity contribution is -0.144. The summed E-state index contributed by atoms with van der Waals surface area (Å²) in [6, 6.07) is 4.32. The normalized spacial score (nSPS) is 13.1. The standard InChI is InChI=1S/C16H17F3N6O/c1-10(8-25-13(16(17,18)19)6-11(2)23-25)7-20-15(26)12-4-3-5-24-9-21-22-14(12)24/h3-6,9-10H,7-8H2,1-2H3,(H,20,26). The zero-order chi connectivity index (χ0) is 18.9. The summed E-state index contributed by atoms with van der Waals surface area (Å²) in [6.45, 7) is 3.49. The Balaban J connectivity index is 1.65. The molecule has 1 amide bonds. The van der Waals surface area contributed by atoms with Crippen molar-refractivity contribution in [3.05, 3.63) is 47.7 Å². The summed E-state index contributed by atoms with van der Waals surface area (Å²) in [5, 5.41) is 14.3. The molecule has 3 aromatic heterocycles. The molecule has 10 heteroatoms. The predicted octanol–water partition coefficient (Wildman–Crippen LogP) is 2.32. The summed E-state index contributed by atoms with van der Waals surface area (Å²) >= 11 is 0. The van der Waals surface area contributed by atoms with Crippen LogP contribution in [0.15, 0.2) is 30.7 Å². The highest BCUT2D eigenvalue weighted by molar-refractivity contribution is 5.99. The number of hydrogen-bond acceptors (Lipinski definition) is 4. The molecule has 0 aliphatic carbocycles. The Labute approximate surface area is 146 Å². The summed E-state index contributed by atoms with van der Waals surface area (Å²) in [7, 11) is 0. The molecule has 0 fully saturated rings. The third kappa shape index (κ3) is 3.68. The molecule has 0 radical (unpaired) electrons. The van der Waals surface area contributed by atoms with Gasteiger partial charge in [-0.25, -0.2) is 0 Å². The molecule has 0 saturated carbocycles. The number of alkyl halides is 3. The Kier molecular flexibility index (Phi) is 4.66. The van der Waals surface area contributed by atoms with E-state index in [4.69, 9.17) is 0 Å². The Bertz CT molecular complexity index is 930. The number of rotatable bonds is 5. The van der Waals surface area contributed by atoms with Gasteiger partial charge in [0, 0.05) is 19.3 Å². The fraction of sp³-hybridized carbons (Fsp3) is 0.375. The topological polar surface area (TPSA) is 77.1 Å². The van der Waals surface area contributed by atoms with Gasteiger partial charge < -0.3 is 5.32 Å². The molecule has 3 rings (SSSR count).